The van der Waals surface area contributed by atoms with Crippen LogP contribution in [0.5, 0.6) is 40.2 Å². The normalized spacial score (nSPS) is 21.0. The quantitative estimate of drug-likeness (QED) is 0.0418. The van der Waals surface area contributed by atoms with Crippen LogP contribution >= 0.6 is 0 Å². The zero-order valence-corrected chi connectivity index (χ0v) is 90.4. The van der Waals surface area contributed by atoms with Crippen molar-refractivity contribution in [1.29, 1.82) is 0 Å². The van der Waals surface area contributed by atoms with Crippen LogP contribution in [-0.2, 0) is 125 Å². The van der Waals surface area contributed by atoms with Gasteiger partial charge in [0, 0.05) is 59.0 Å². The number of carboxylic acids is 1. The third-order valence-corrected chi connectivity index (χ3v) is 33.8. The molecule has 5 fully saturated rings. The molecule has 0 unspecified atom stereocenters. The van der Waals surface area contributed by atoms with Gasteiger partial charge < -0.3 is 114 Å². The van der Waals surface area contributed by atoms with Crippen molar-refractivity contribution in [2.24, 2.45) is 81.7 Å². The number of hydrogen-bond acceptors (Lipinski definition) is 36. The predicted octanol–water partition coefficient (Wildman–Crippen LogP) is 4.42. The summed E-state index contributed by atoms with van der Waals surface area (Å²) in [5, 5.41) is 21.7. The van der Waals surface area contributed by atoms with Crippen molar-refractivity contribution in [2.75, 3.05) is 106 Å². The van der Waals surface area contributed by atoms with E-state index < -0.39 is 87.0 Å². The molecule has 5 saturated heterocycles. The van der Waals surface area contributed by atoms with Crippen LogP contribution in [0.2, 0.25) is 0 Å². The third kappa shape index (κ3) is 31.3. The van der Waals surface area contributed by atoms with Gasteiger partial charge in [0.15, 0.2) is 0 Å². The number of fused-ring (bicyclic) bond motifs is 7. The van der Waals surface area contributed by atoms with Crippen LogP contribution in [0.15, 0.2) is 158 Å². The number of ether oxygens (including phenoxy) is 8. The first-order valence-corrected chi connectivity index (χ1v) is 60.1. The van der Waals surface area contributed by atoms with E-state index >= 15 is 0 Å². The molecule has 150 heavy (non-hydrogen) atoms. The van der Waals surface area contributed by atoms with Crippen molar-refractivity contribution < 1.29 is 112 Å². The summed E-state index contributed by atoms with van der Waals surface area (Å²) in [6.07, 6.45) is 10.3. The Hall–Kier alpha value is -12.2. The van der Waals surface area contributed by atoms with E-state index in [1.54, 1.807) is 112 Å². The number of piperidine rings is 5. The van der Waals surface area contributed by atoms with Crippen molar-refractivity contribution in [1.82, 2.24) is 31.1 Å². The summed E-state index contributed by atoms with van der Waals surface area (Å²) in [7, 11) is -21.1. The standard InChI is InChI=1S/C16H23N3O5S.C16H23N3O3S.C14H19N3O3S.3C13H17N3O3S.C13H16N2O5S/c1-16(2,15(20)18-7-8-23-3)10-24-12-6-4-5-11-9-25(21,22)19-14(17)13(11)12;1-11(2)19-8-6-13(7-9-19)22-14-5-3-4-12-10-23(20,21)18-16(17)15(12)14;1-17-7-5-11(6-8-17)20-12-4-2-3-10-9-21(18,19)16-14(15)13(10)12;2*14-13-12-9(8-20(17,18)16-13)3-1-5-11(12)19-10-4-2-6-15-7-10;14-13-12-9(8-20(17,18)16-13)2-1-3-11(12)19-10-4-6-15-7-5-10;1-13(2,12(16)17)7-20-9-5-3-4-8-6-21(18,19)15-11(14)10(8)9/h4-6H,7-10H2,1-3H3,(H2,17,19)(H,18,20);3-5,11,13H,6-10H2,1-2H3,(H2,17,18);2-4,11H,5-9H2,1H3,(H2,15,16);2*1,3,5,10,15H,2,4,6-8H2,(H2,14,16);1-3,10,15H,4-8H2,(H2,14,16);3-5H,6-7H2,1-2H3,(H2,14,15)(H,16,17)/t;;;2*10-;;/m...10../s1. The lowest BCUT2D eigenvalue weighted by Gasteiger charge is -2.35. The molecule has 12 heterocycles. The first kappa shape index (κ1) is 115. The van der Waals surface area contributed by atoms with Gasteiger partial charge in [0.05, 0.1) is 96.7 Å². The Kier molecular flexibility index (Phi) is 37.6. The van der Waals surface area contributed by atoms with Crippen LogP contribution in [0.1, 0.15) is 184 Å². The fourth-order valence-corrected chi connectivity index (χ4v) is 25.7. The molecule has 19 rings (SSSR count). The first-order valence-electron chi connectivity index (χ1n) is 48.8. The lowest BCUT2D eigenvalue weighted by atomic mass is 9.93. The SMILES string of the molecule is CC(C)(COc1cccc2c1C(N)=NS(=O)(=O)C2)C(=O)O.CC(C)N1CCC(Oc2cccc3c2C(N)=NS(=O)(=O)C3)CC1.CN1CCC(Oc2cccc3c2C(N)=NS(=O)(=O)C3)CC1.COCCNC(=O)C(C)(C)COc1cccc2c1C(N)=NS(=O)(=O)C2.NC1=NS(=O)(=O)Cc2cccc(OC3CCNCC3)c21.NC1=NS(=O)(=O)Cc2cccc(O[C@@H]3CCCNC3)c21.NC1=NS(=O)(=O)Cc2cccc(O[C@H]3CCCNC3)c21. The highest BCUT2D eigenvalue weighted by Gasteiger charge is 2.38. The monoisotopic (exact) mass is 2210 g/mol. The zero-order valence-electron chi connectivity index (χ0n) is 84.7. The number of amidine groups is 7. The van der Waals surface area contributed by atoms with Gasteiger partial charge in [-0.15, -0.1) is 30.8 Å². The maximum Gasteiger partial charge on any atom is 0.312 e. The minimum Gasteiger partial charge on any atom is -0.492 e. The second kappa shape index (κ2) is 49.0. The number of likely N-dealkylation sites (tertiary alicyclic amines) is 2. The van der Waals surface area contributed by atoms with Gasteiger partial charge in [-0.3, -0.25) is 9.59 Å². The van der Waals surface area contributed by atoms with E-state index in [1.165, 1.54) is 13.8 Å². The van der Waals surface area contributed by atoms with Crippen molar-refractivity contribution in [3.8, 4) is 40.2 Å². The number of benzene rings is 7. The molecule has 0 saturated carbocycles. The van der Waals surface area contributed by atoms with Crippen LogP contribution in [0.25, 0.3) is 0 Å². The average molecular weight is 2210 g/mol. The summed E-state index contributed by atoms with van der Waals surface area (Å²) in [5.74, 6) is 1.54. The average Bonchev–Trinajstić information content (AvgIpc) is 0.790. The number of nitrogens with two attached hydrogens (primary N) is 7. The molecular weight excluding hydrogens is 2080 g/mol. The van der Waals surface area contributed by atoms with Gasteiger partial charge in [-0.1, -0.05) is 84.9 Å². The molecule has 0 aromatic heterocycles. The Morgan fingerprint density at radius 1 is 0.367 bits per heavy atom. The molecule has 7 aromatic rings. The third-order valence-electron chi connectivity index (χ3n) is 25.7. The van der Waals surface area contributed by atoms with Gasteiger partial charge >= 0.3 is 5.97 Å². The maximum atomic E-state index is 12.2. The number of hydrogen-bond donors (Lipinski definition) is 12. The lowest BCUT2D eigenvalue weighted by Crippen LogP contribution is -2.42. The fourth-order valence-electron chi connectivity index (χ4n) is 18.0. The number of methoxy groups -OCH3 is 1. The van der Waals surface area contributed by atoms with Gasteiger partial charge in [0.2, 0.25) is 5.91 Å². The Bertz CT molecular complexity index is 6960. The number of nitrogens with zero attached hydrogens (tertiary/aromatic N) is 9. The largest absolute Gasteiger partial charge is 0.492 e. The highest BCUT2D eigenvalue weighted by Crippen LogP contribution is 2.39. The second-order valence-corrected chi connectivity index (χ2v) is 50.6. The Morgan fingerprint density at radius 3 is 0.880 bits per heavy atom. The van der Waals surface area contributed by atoms with Crippen LogP contribution in [0.3, 0.4) is 0 Å². The number of carbonyl (C=O) groups excluding carboxylic acids is 1. The van der Waals surface area contributed by atoms with Crippen LogP contribution in [-0.4, -0.2) is 269 Å². The molecule has 816 valence electrons. The second-order valence-electron chi connectivity index (χ2n) is 39.2. The van der Waals surface area contributed by atoms with Gasteiger partial charge in [0.1, 0.15) is 125 Å². The first-order chi connectivity index (χ1) is 70.7. The number of amides is 1. The summed E-state index contributed by atoms with van der Waals surface area (Å²) in [6.45, 7) is 21.3. The van der Waals surface area contributed by atoms with Crippen molar-refractivity contribution >= 4 is 123 Å². The minimum atomic E-state index is -3.61. The molecule has 0 bridgehead atoms. The number of aliphatic carboxylic acids is 1. The molecule has 0 radical (unpaired) electrons. The van der Waals surface area contributed by atoms with Gasteiger partial charge in [-0.05, 0) is 220 Å². The van der Waals surface area contributed by atoms with E-state index in [0.29, 0.717) is 137 Å². The van der Waals surface area contributed by atoms with Crippen molar-refractivity contribution in [3.05, 3.63) is 205 Å². The van der Waals surface area contributed by atoms with E-state index in [4.69, 9.17) is 83.1 Å². The van der Waals surface area contributed by atoms with Gasteiger partial charge in [0.25, 0.3) is 70.2 Å². The molecule has 0 aliphatic carbocycles. The number of sulfonamides is 7. The molecule has 45 nitrogen and oxygen atoms in total. The number of carbonyl (C=O) groups is 2. The van der Waals surface area contributed by atoms with E-state index in [2.05, 4.69) is 82.7 Å². The highest BCUT2D eigenvalue weighted by molar-refractivity contribution is 7.91. The lowest BCUT2D eigenvalue weighted by molar-refractivity contribution is -0.148. The predicted molar refractivity (Wildman–Crippen MR) is 571 cm³/mol. The molecule has 0 spiro atoms. The minimum absolute atomic E-state index is 0.0191. The van der Waals surface area contributed by atoms with Gasteiger partial charge in [-0.25, -0.2) is 58.9 Å². The van der Waals surface area contributed by atoms with Crippen LogP contribution < -0.4 is 94.6 Å². The van der Waals surface area contributed by atoms with E-state index in [-0.39, 0.29) is 131 Å². The summed E-state index contributed by atoms with van der Waals surface area (Å²) in [5.41, 5.74) is 47.1. The number of rotatable bonds is 22. The summed E-state index contributed by atoms with van der Waals surface area (Å²) in [4.78, 5) is 28.0. The molecule has 19 N–H and O–H groups in total. The molecule has 52 heteroatoms. The molecule has 7 aromatic carbocycles. The number of carboxylic acid groups (broad SMARTS) is 1. The van der Waals surface area contributed by atoms with Crippen molar-refractivity contribution in [3.63, 3.8) is 0 Å². The Balaban J connectivity index is 0.000000146. The highest BCUT2D eigenvalue weighted by atomic mass is 32.2. The molecule has 12 aliphatic heterocycles. The topological polar surface area (TPSA) is 690 Å². The number of nitrogens with one attached hydrogen (secondary N) is 4. The van der Waals surface area contributed by atoms with E-state index in [0.717, 1.165) is 130 Å². The summed E-state index contributed by atoms with van der Waals surface area (Å²) in [6, 6.07) is 37.3. The van der Waals surface area contributed by atoms with Gasteiger partial charge in [-0.2, -0.15) is 0 Å². The van der Waals surface area contributed by atoms with E-state index in [1.807, 2.05) is 36.4 Å². The summed E-state index contributed by atoms with van der Waals surface area (Å²) < 4.78 is 234. The van der Waals surface area contributed by atoms with Crippen LogP contribution in [0, 0.1) is 10.8 Å². The molecule has 2 atom stereocenters. The Morgan fingerprint density at radius 2 is 0.620 bits per heavy atom. The van der Waals surface area contributed by atoms with Crippen molar-refractivity contribution in [2.45, 2.75) is 183 Å². The summed E-state index contributed by atoms with van der Waals surface area (Å²) >= 11 is 0. The van der Waals surface area contributed by atoms with E-state index in [9.17, 15) is 68.5 Å². The molecular formula is C98H132N20O25S7. The fraction of sp³-hybridized carbons (Fsp3) is 0.480. The Labute approximate surface area is 875 Å². The zero-order chi connectivity index (χ0) is 109. The maximum absolute atomic E-state index is 12.2. The molecule has 1 amide bonds. The van der Waals surface area contributed by atoms with Crippen LogP contribution in [0.4, 0.5) is 0 Å². The molecule has 12 aliphatic rings. The smallest absolute Gasteiger partial charge is 0.312 e.